The summed E-state index contributed by atoms with van der Waals surface area (Å²) in [6.07, 6.45) is 3.52. The zero-order valence-corrected chi connectivity index (χ0v) is 23.7. The van der Waals surface area contributed by atoms with E-state index in [9.17, 15) is 18.0 Å². The molecule has 1 saturated carbocycles. The lowest BCUT2D eigenvalue weighted by Crippen LogP contribution is -2.52. The van der Waals surface area contributed by atoms with Gasteiger partial charge in [0.15, 0.2) is 26.8 Å². The number of piperazine rings is 1. The first kappa shape index (κ1) is 27.7. The SMILES string of the molecule is CC(=O)N1CCN(Cc2cnc(NC(=O)C(=NOC3CCOC3)c3ccc(S(=O)(=O)C4CC4)cc3)s2)C[C@@H]1C. The molecule has 3 aliphatic rings. The molecular formula is C26H33N5O6S2. The smallest absolute Gasteiger partial charge is 0.280 e. The molecule has 2 aromatic rings. The number of anilines is 1. The predicted octanol–water partition coefficient (Wildman–Crippen LogP) is 2.28. The Bertz CT molecular complexity index is 1330. The number of benzene rings is 1. The van der Waals surface area contributed by atoms with E-state index in [1.165, 1.54) is 23.5 Å². The molecule has 1 N–H and O–H groups in total. The van der Waals surface area contributed by atoms with Gasteiger partial charge in [-0.2, -0.15) is 0 Å². The molecule has 13 heteroatoms. The van der Waals surface area contributed by atoms with Crippen LogP contribution < -0.4 is 5.32 Å². The topological polar surface area (TPSA) is 130 Å². The Morgan fingerprint density at radius 2 is 1.97 bits per heavy atom. The van der Waals surface area contributed by atoms with Crippen LogP contribution in [0, 0.1) is 0 Å². The van der Waals surface area contributed by atoms with Crippen LogP contribution in [0.2, 0.25) is 0 Å². The van der Waals surface area contributed by atoms with Gasteiger partial charge in [0, 0.05) is 62.2 Å². The molecule has 1 aliphatic carbocycles. The Morgan fingerprint density at radius 1 is 1.21 bits per heavy atom. The van der Waals surface area contributed by atoms with Crippen LogP contribution in [-0.2, 0) is 35.5 Å². The van der Waals surface area contributed by atoms with E-state index in [2.05, 4.69) is 20.4 Å². The number of aromatic nitrogens is 1. The van der Waals surface area contributed by atoms with Crippen LogP contribution in [0.1, 0.15) is 43.6 Å². The average Bonchev–Trinajstić information content (AvgIpc) is 3.49. The monoisotopic (exact) mass is 575 g/mol. The summed E-state index contributed by atoms with van der Waals surface area (Å²) in [5, 5.41) is 7.08. The maximum absolute atomic E-state index is 13.3. The third-order valence-corrected chi connectivity index (χ3v) is 10.3. The van der Waals surface area contributed by atoms with Gasteiger partial charge >= 0.3 is 0 Å². The van der Waals surface area contributed by atoms with Crippen molar-refractivity contribution in [3.05, 3.63) is 40.9 Å². The van der Waals surface area contributed by atoms with Gasteiger partial charge in [-0.05, 0) is 31.9 Å². The molecular weight excluding hydrogens is 542 g/mol. The van der Waals surface area contributed by atoms with Crippen molar-refractivity contribution in [3.63, 3.8) is 0 Å². The first-order valence-electron chi connectivity index (χ1n) is 13.1. The van der Waals surface area contributed by atoms with Crippen molar-refractivity contribution in [1.29, 1.82) is 0 Å². The molecule has 2 amide bonds. The third-order valence-electron chi connectivity index (χ3n) is 7.09. The third kappa shape index (κ3) is 6.65. The number of ether oxygens (including phenoxy) is 1. The van der Waals surface area contributed by atoms with E-state index in [4.69, 9.17) is 9.57 Å². The van der Waals surface area contributed by atoms with Crippen molar-refractivity contribution in [1.82, 2.24) is 14.8 Å². The van der Waals surface area contributed by atoms with Gasteiger partial charge in [0.05, 0.1) is 23.4 Å². The standard InChI is InChI=1S/C26H33N5O6S2/c1-17-14-30(10-11-31(17)18(2)32)15-21-13-27-26(38-21)28-25(33)24(29-37-20-9-12-36-16-20)19-3-5-22(6-4-19)39(34,35)23-7-8-23/h3-6,13,17,20,23H,7-12,14-16H2,1-2H3,(H,27,28,33)/t17-,20?/m0/s1. The van der Waals surface area contributed by atoms with Crippen LogP contribution in [0.3, 0.4) is 0 Å². The largest absolute Gasteiger partial charge is 0.389 e. The molecule has 210 valence electrons. The fraction of sp³-hybridized carbons (Fsp3) is 0.538. The summed E-state index contributed by atoms with van der Waals surface area (Å²) in [5.74, 6) is -0.415. The summed E-state index contributed by atoms with van der Waals surface area (Å²) in [7, 11) is -3.34. The maximum Gasteiger partial charge on any atom is 0.280 e. The van der Waals surface area contributed by atoms with E-state index < -0.39 is 15.7 Å². The summed E-state index contributed by atoms with van der Waals surface area (Å²) in [5.41, 5.74) is 0.471. The van der Waals surface area contributed by atoms with Crippen LogP contribution in [0.25, 0.3) is 0 Å². The second-order valence-corrected chi connectivity index (χ2v) is 13.5. The zero-order valence-electron chi connectivity index (χ0n) is 22.0. The van der Waals surface area contributed by atoms with Gasteiger partial charge < -0.3 is 14.5 Å². The molecule has 2 atom stereocenters. The Labute approximate surface area is 232 Å². The number of oxime groups is 1. The van der Waals surface area contributed by atoms with E-state index in [1.54, 1.807) is 25.3 Å². The van der Waals surface area contributed by atoms with Crippen molar-refractivity contribution < 1.29 is 27.6 Å². The van der Waals surface area contributed by atoms with Gasteiger partial charge in [-0.1, -0.05) is 17.3 Å². The number of amides is 2. The minimum atomic E-state index is -3.34. The van der Waals surface area contributed by atoms with Crippen molar-refractivity contribution in [3.8, 4) is 0 Å². The summed E-state index contributed by atoms with van der Waals surface area (Å²) in [4.78, 5) is 40.4. The number of hydrogen-bond donors (Lipinski definition) is 1. The molecule has 0 spiro atoms. The minimum Gasteiger partial charge on any atom is -0.389 e. The van der Waals surface area contributed by atoms with Crippen LogP contribution in [0.15, 0.2) is 40.5 Å². The van der Waals surface area contributed by atoms with E-state index in [0.717, 1.165) is 18.0 Å². The molecule has 5 rings (SSSR count). The molecule has 2 aliphatic heterocycles. The first-order valence-corrected chi connectivity index (χ1v) is 15.5. The summed E-state index contributed by atoms with van der Waals surface area (Å²) >= 11 is 1.37. The van der Waals surface area contributed by atoms with Crippen LogP contribution in [0.4, 0.5) is 5.13 Å². The highest BCUT2D eigenvalue weighted by Gasteiger charge is 2.37. The fourth-order valence-electron chi connectivity index (χ4n) is 4.78. The summed E-state index contributed by atoms with van der Waals surface area (Å²) < 4.78 is 30.5. The van der Waals surface area contributed by atoms with Crippen LogP contribution >= 0.6 is 11.3 Å². The fourth-order valence-corrected chi connectivity index (χ4v) is 7.29. The Hall–Kier alpha value is -2.87. The van der Waals surface area contributed by atoms with E-state index >= 15 is 0 Å². The summed E-state index contributed by atoms with van der Waals surface area (Å²) in [6, 6.07) is 6.32. The molecule has 39 heavy (non-hydrogen) atoms. The molecule has 0 radical (unpaired) electrons. The number of rotatable bonds is 9. The van der Waals surface area contributed by atoms with Gasteiger partial charge in [-0.25, -0.2) is 13.4 Å². The lowest BCUT2D eigenvalue weighted by Gasteiger charge is -2.39. The molecule has 0 bridgehead atoms. The number of thiazole rings is 1. The number of nitrogens with one attached hydrogen (secondary N) is 1. The van der Waals surface area contributed by atoms with Gasteiger partial charge in [0.1, 0.15) is 0 Å². The first-order chi connectivity index (χ1) is 18.7. The normalized spacial score (nSPS) is 22.6. The molecule has 2 saturated heterocycles. The number of carbonyl (C=O) groups excluding carboxylic acids is 2. The average molecular weight is 576 g/mol. The highest BCUT2D eigenvalue weighted by Crippen LogP contribution is 2.33. The second kappa shape index (κ2) is 11.7. The van der Waals surface area contributed by atoms with Crippen LogP contribution in [-0.4, -0.2) is 91.0 Å². The second-order valence-electron chi connectivity index (χ2n) is 10.2. The Balaban J connectivity index is 1.27. The molecule has 11 nitrogen and oxygen atoms in total. The van der Waals surface area contributed by atoms with Crippen molar-refractivity contribution in [2.45, 2.75) is 61.9 Å². The van der Waals surface area contributed by atoms with Crippen molar-refractivity contribution in [2.75, 3.05) is 38.2 Å². The molecule has 1 aromatic heterocycles. The highest BCUT2D eigenvalue weighted by atomic mass is 32.2. The number of hydrogen-bond acceptors (Lipinski definition) is 10. The van der Waals surface area contributed by atoms with Gasteiger partial charge in [-0.3, -0.25) is 19.8 Å². The molecule has 3 fully saturated rings. The quantitative estimate of drug-likeness (QED) is 0.356. The van der Waals surface area contributed by atoms with E-state index in [-0.39, 0.29) is 33.9 Å². The Morgan fingerprint density at radius 3 is 2.62 bits per heavy atom. The van der Waals surface area contributed by atoms with Crippen molar-refractivity contribution >= 4 is 43.8 Å². The predicted molar refractivity (Wildman–Crippen MR) is 146 cm³/mol. The van der Waals surface area contributed by atoms with Crippen molar-refractivity contribution in [2.24, 2.45) is 5.16 Å². The van der Waals surface area contributed by atoms with Gasteiger partial charge in [0.25, 0.3) is 5.91 Å². The number of carbonyl (C=O) groups is 2. The maximum atomic E-state index is 13.3. The molecule has 1 unspecified atom stereocenters. The van der Waals surface area contributed by atoms with Crippen LogP contribution in [0.5, 0.6) is 0 Å². The molecule has 3 heterocycles. The molecule has 1 aromatic carbocycles. The lowest BCUT2D eigenvalue weighted by atomic mass is 10.1. The van der Waals surface area contributed by atoms with E-state index in [1.807, 2.05) is 11.8 Å². The Kier molecular flexibility index (Phi) is 8.31. The zero-order chi connectivity index (χ0) is 27.6. The lowest BCUT2D eigenvalue weighted by molar-refractivity contribution is -0.133. The summed E-state index contributed by atoms with van der Waals surface area (Å²) in [6.45, 7) is 7.50. The minimum absolute atomic E-state index is 0.0307. The van der Waals surface area contributed by atoms with E-state index in [0.29, 0.717) is 56.3 Å². The number of nitrogens with zero attached hydrogens (tertiary/aromatic N) is 4. The number of sulfone groups is 1. The van der Waals surface area contributed by atoms with Gasteiger partial charge in [0.2, 0.25) is 5.91 Å². The highest BCUT2D eigenvalue weighted by molar-refractivity contribution is 7.92. The van der Waals surface area contributed by atoms with Gasteiger partial charge in [-0.15, -0.1) is 11.3 Å².